The Balaban J connectivity index is 1.97. The fraction of sp³-hybridized carbons (Fsp3) is 0.417. The Morgan fingerprint density at radius 3 is 2.75 bits per heavy atom. The summed E-state index contributed by atoms with van der Waals surface area (Å²) in [5, 5.41) is 2.83. The van der Waals surface area contributed by atoms with Crippen LogP contribution >= 0.6 is 0 Å². The predicted molar refractivity (Wildman–Crippen MR) is 59.4 cm³/mol. The van der Waals surface area contributed by atoms with E-state index in [9.17, 15) is 4.79 Å². The number of amides is 1. The fourth-order valence-electron chi connectivity index (χ4n) is 1.66. The van der Waals surface area contributed by atoms with Crippen molar-refractivity contribution >= 4 is 5.91 Å². The van der Waals surface area contributed by atoms with Crippen molar-refractivity contribution in [1.29, 1.82) is 0 Å². The molecule has 1 saturated heterocycles. The van der Waals surface area contributed by atoms with Gasteiger partial charge in [0.25, 0.3) is 5.91 Å². The van der Waals surface area contributed by atoms with E-state index in [0.717, 1.165) is 25.2 Å². The first-order valence-electron chi connectivity index (χ1n) is 5.36. The molecule has 0 spiro atoms. The van der Waals surface area contributed by atoms with Gasteiger partial charge in [-0.1, -0.05) is 0 Å². The van der Waals surface area contributed by atoms with Gasteiger partial charge in [0.2, 0.25) is 0 Å². The molecule has 2 rings (SSSR count). The van der Waals surface area contributed by atoms with Gasteiger partial charge >= 0.3 is 0 Å². The van der Waals surface area contributed by atoms with Crippen LogP contribution in [0.15, 0.2) is 24.3 Å². The average molecular weight is 221 g/mol. The van der Waals surface area contributed by atoms with Gasteiger partial charge < -0.3 is 14.8 Å². The lowest BCUT2D eigenvalue weighted by atomic mass is 10.2. The van der Waals surface area contributed by atoms with E-state index in [1.54, 1.807) is 31.4 Å². The number of hydrogen-bond donors (Lipinski definition) is 1. The van der Waals surface area contributed by atoms with Crippen LogP contribution < -0.4 is 10.1 Å². The minimum absolute atomic E-state index is 0.102. The molecule has 1 heterocycles. The molecule has 1 aliphatic heterocycles. The van der Waals surface area contributed by atoms with Crippen LogP contribution in [-0.4, -0.2) is 25.9 Å². The quantitative estimate of drug-likeness (QED) is 0.842. The topological polar surface area (TPSA) is 47.6 Å². The summed E-state index contributed by atoms with van der Waals surface area (Å²) in [5.41, 5.74) is 0.622. The highest BCUT2D eigenvalue weighted by Gasteiger charge is 2.18. The summed E-state index contributed by atoms with van der Waals surface area (Å²) in [4.78, 5) is 11.8. The van der Waals surface area contributed by atoms with Crippen LogP contribution in [0, 0.1) is 0 Å². The molecule has 0 radical (unpaired) electrons. The number of rotatable bonds is 3. The van der Waals surface area contributed by atoms with E-state index in [1.807, 2.05) is 0 Å². The molecule has 1 atom stereocenters. The predicted octanol–water partition coefficient (Wildman–Crippen LogP) is 1.56. The largest absolute Gasteiger partial charge is 0.497 e. The minimum atomic E-state index is -0.130. The van der Waals surface area contributed by atoms with Crippen molar-refractivity contribution in [3.63, 3.8) is 0 Å². The molecule has 1 aliphatic rings. The Morgan fingerprint density at radius 2 is 2.19 bits per heavy atom. The Hall–Kier alpha value is -1.55. The van der Waals surface area contributed by atoms with Crippen LogP contribution in [0.25, 0.3) is 0 Å². The number of carbonyl (C=O) groups is 1. The molecular weight excluding hydrogens is 206 g/mol. The molecule has 0 bridgehead atoms. The molecule has 0 saturated carbocycles. The lowest BCUT2D eigenvalue weighted by molar-refractivity contribution is 0.0640. The Bertz CT molecular complexity index is 355. The molecule has 16 heavy (non-hydrogen) atoms. The number of nitrogens with one attached hydrogen (secondary N) is 1. The Labute approximate surface area is 94.6 Å². The van der Waals surface area contributed by atoms with Crippen LogP contribution in [0.2, 0.25) is 0 Å². The van der Waals surface area contributed by atoms with E-state index in [4.69, 9.17) is 9.47 Å². The minimum Gasteiger partial charge on any atom is -0.497 e. The number of methoxy groups -OCH3 is 1. The maximum absolute atomic E-state index is 11.8. The maximum Gasteiger partial charge on any atom is 0.253 e. The van der Waals surface area contributed by atoms with Crippen molar-refractivity contribution in [2.24, 2.45) is 0 Å². The van der Waals surface area contributed by atoms with Gasteiger partial charge in [-0.15, -0.1) is 0 Å². The summed E-state index contributed by atoms with van der Waals surface area (Å²) in [5.74, 6) is 0.642. The zero-order valence-corrected chi connectivity index (χ0v) is 9.23. The number of ether oxygens (including phenoxy) is 2. The van der Waals surface area contributed by atoms with Gasteiger partial charge in [0, 0.05) is 12.2 Å². The molecule has 1 amide bonds. The number of carbonyl (C=O) groups excluding carboxylic acids is 1. The lowest BCUT2D eigenvalue weighted by Gasteiger charge is -2.11. The highest BCUT2D eigenvalue weighted by molar-refractivity contribution is 5.94. The average Bonchev–Trinajstić information content (AvgIpc) is 2.82. The summed E-state index contributed by atoms with van der Waals surface area (Å²) in [6, 6.07) is 7.01. The summed E-state index contributed by atoms with van der Waals surface area (Å²) in [7, 11) is 1.60. The molecule has 0 aromatic heterocycles. The number of hydrogen-bond acceptors (Lipinski definition) is 3. The van der Waals surface area contributed by atoms with Gasteiger partial charge in [0.05, 0.1) is 7.11 Å². The van der Waals surface area contributed by atoms with Crippen LogP contribution in [-0.2, 0) is 4.74 Å². The molecular formula is C12H15NO3. The third-order valence-corrected chi connectivity index (χ3v) is 2.57. The standard InChI is InChI=1S/C12H15NO3/c1-15-10-6-4-9(5-7-10)12(14)13-11-3-2-8-16-11/h4-7,11H,2-3,8H2,1H3,(H,13,14). The zero-order chi connectivity index (χ0) is 11.4. The summed E-state index contributed by atoms with van der Waals surface area (Å²) in [6.45, 7) is 0.730. The van der Waals surface area contributed by atoms with Gasteiger partial charge in [-0.05, 0) is 37.1 Å². The molecule has 1 aromatic carbocycles. The zero-order valence-electron chi connectivity index (χ0n) is 9.23. The molecule has 1 aromatic rings. The third-order valence-electron chi connectivity index (χ3n) is 2.57. The van der Waals surface area contributed by atoms with E-state index in [2.05, 4.69) is 5.32 Å². The van der Waals surface area contributed by atoms with Crippen LogP contribution in [0.5, 0.6) is 5.75 Å². The van der Waals surface area contributed by atoms with E-state index in [1.165, 1.54) is 0 Å². The smallest absolute Gasteiger partial charge is 0.253 e. The second kappa shape index (κ2) is 4.99. The van der Waals surface area contributed by atoms with Crippen molar-refractivity contribution in [2.75, 3.05) is 13.7 Å². The normalized spacial score (nSPS) is 19.4. The molecule has 4 nitrogen and oxygen atoms in total. The molecule has 1 N–H and O–H groups in total. The van der Waals surface area contributed by atoms with Crippen molar-refractivity contribution in [2.45, 2.75) is 19.1 Å². The monoisotopic (exact) mass is 221 g/mol. The van der Waals surface area contributed by atoms with Gasteiger partial charge in [-0.3, -0.25) is 4.79 Å². The first kappa shape index (κ1) is 11.0. The van der Waals surface area contributed by atoms with Gasteiger partial charge in [0.15, 0.2) is 0 Å². The third kappa shape index (κ3) is 2.52. The van der Waals surface area contributed by atoms with E-state index < -0.39 is 0 Å². The molecule has 0 aliphatic carbocycles. The Kier molecular flexibility index (Phi) is 3.41. The van der Waals surface area contributed by atoms with Crippen LogP contribution in [0.4, 0.5) is 0 Å². The van der Waals surface area contributed by atoms with Gasteiger partial charge in [-0.25, -0.2) is 0 Å². The van der Waals surface area contributed by atoms with Crippen molar-refractivity contribution in [3.8, 4) is 5.75 Å². The first-order chi connectivity index (χ1) is 7.79. The molecule has 1 fully saturated rings. The van der Waals surface area contributed by atoms with Crippen LogP contribution in [0.3, 0.4) is 0 Å². The van der Waals surface area contributed by atoms with Crippen molar-refractivity contribution in [3.05, 3.63) is 29.8 Å². The maximum atomic E-state index is 11.8. The number of benzene rings is 1. The highest BCUT2D eigenvalue weighted by atomic mass is 16.5. The van der Waals surface area contributed by atoms with Gasteiger partial charge in [0.1, 0.15) is 12.0 Å². The van der Waals surface area contributed by atoms with Crippen molar-refractivity contribution < 1.29 is 14.3 Å². The second-order valence-electron chi connectivity index (χ2n) is 3.70. The van der Waals surface area contributed by atoms with E-state index >= 15 is 0 Å². The van der Waals surface area contributed by atoms with E-state index in [-0.39, 0.29) is 12.1 Å². The second-order valence-corrected chi connectivity index (χ2v) is 3.70. The summed E-state index contributed by atoms with van der Waals surface area (Å²) < 4.78 is 10.4. The Morgan fingerprint density at radius 1 is 1.44 bits per heavy atom. The summed E-state index contributed by atoms with van der Waals surface area (Å²) >= 11 is 0. The molecule has 4 heteroatoms. The van der Waals surface area contributed by atoms with Gasteiger partial charge in [-0.2, -0.15) is 0 Å². The molecule has 86 valence electrons. The van der Waals surface area contributed by atoms with Crippen molar-refractivity contribution in [1.82, 2.24) is 5.32 Å². The summed E-state index contributed by atoms with van der Waals surface area (Å²) in [6.07, 6.45) is 1.77. The lowest BCUT2D eigenvalue weighted by Crippen LogP contribution is -2.33. The SMILES string of the molecule is COc1ccc(C(=O)NC2CCCO2)cc1. The first-order valence-corrected chi connectivity index (χ1v) is 5.36. The molecule has 1 unspecified atom stereocenters. The van der Waals surface area contributed by atoms with E-state index in [0.29, 0.717) is 5.56 Å². The highest BCUT2D eigenvalue weighted by Crippen LogP contribution is 2.13. The fourth-order valence-corrected chi connectivity index (χ4v) is 1.66. The van der Waals surface area contributed by atoms with Crippen LogP contribution in [0.1, 0.15) is 23.2 Å².